The van der Waals surface area contributed by atoms with Crippen LogP contribution in [0.1, 0.15) is 30.9 Å². The monoisotopic (exact) mass is 352 g/mol. The van der Waals surface area contributed by atoms with E-state index in [1.54, 1.807) is 0 Å². The lowest BCUT2D eigenvalue weighted by Gasteiger charge is -2.29. The van der Waals surface area contributed by atoms with Crippen LogP contribution in [-0.4, -0.2) is 43.2 Å². The van der Waals surface area contributed by atoms with Crippen LogP contribution in [-0.2, 0) is 9.53 Å². The maximum atomic E-state index is 12.6. The Labute approximate surface area is 134 Å². The Bertz CT molecular complexity index is 486. The van der Waals surface area contributed by atoms with E-state index in [1.807, 2.05) is 17.0 Å². The molecule has 1 aromatic carbocycles. The van der Waals surface area contributed by atoms with E-state index < -0.39 is 0 Å². The number of carbonyl (C=O) groups is 1. The van der Waals surface area contributed by atoms with Crippen molar-refractivity contribution >= 4 is 21.8 Å². The number of benzene rings is 1. The van der Waals surface area contributed by atoms with E-state index in [-0.39, 0.29) is 18.0 Å². The number of ether oxygens (including phenoxy) is 1. The van der Waals surface area contributed by atoms with Crippen molar-refractivity contribution in [1.29, 1.82) is 0 Å². The van der Waals surface area contributed by atoms with Gasteiger partial charge in [-0.1, -0.05) is 28.1 Å². The second-order valence-corrected chi connectivity index (χ2v) is 6.64. The molecule has 0 aromatic heterocycles. The summed E-state index contributed by atoms with van der Waals surface area (Å²) in [7, 11) is 0. The van der Waals surface area contributed by atoms with Crippen LogP contribution in [0.15, 0.2) is 28.7 Å². The lowest BCUT2D eigenvalue weighted by molar-refractivity contribution is -0.133. The molecule has 2 aliphatic heterocycles. The first-order valence-electron chi connectivity index (χ1n) is 7.60. The Morgan fingerprint density at radius 3 is 2.90 bits per heavy atom. The van der Waals surface area contributed by atoms with Crippen LogP contribution >= 0.6 is 15.9 Å². The first-order valence-corrected chi connectivity index (χ1v) is 8.39. The van der Waals surface area contributed by atoms with Crippen molar-refractivity contribution < 1.29 is 9.53 Å². The van der Waals surface area contributed by atoms with E-state index in [4.69, 9.17) is 4.74 Å². The number of morpholine rings is 1. The van der Waals surface area contributed by atoms with E-state index in [1.165, 1.54) is 5.56 Å². The Morgan fingerprint density at radius 2 is 2.19 bits per heavy atom. The van der Waals surface area contributed by atoms with Gasteiger partial charge in [-0.3, -0.25) is 4.79 Å². The largest absolute Gasteiger partial charge is 0.378 e. The quantitative estimate of drug-likeness (QED) is 0.908. The molecule has 3 rings (SSSR count). The highest BCUT2D eigenvalue weighted by molar-refractivity contribution is 9.10. The molecule has 0 radical (unpaired) electrons. The number of nitrogens with zero attached hydrogens (tertiary/aromatic N) is 1. The van der Waals surface area contributed by atoms with Gasteiger partial charge in [0.1, 0.15) is 0 Å². The molecular weight excluding hydrogens is 332 g/mol. The minimum atomic E-state index is 0.164. The topological polar surface area (TPSA) is 41.6 Å². The molecule has 0 spiro atoms. The van der Waals surface area contributed by atoms with E-state index in [2.05, 4.69) is 33.4 Å². The van der Waals surface area contributed by atoms with Crippen molar-refractivity contribution in [2.24, 2.45) is 0 Å². The van der Waals surface area contributed by atoms with Gasteiger partial charge in [0.05, 0.1) is 19.3 Å². The summed E-state index contributed by atoms with van der Waals surface area (Å²) in [6, 6.07) is 8.72. The van der Waals surface area contributed by atoms with Gasteiger partial charge in [-0.15, -0.1) is 0 Å². The second-order valence-electron chi connectivity index (χ2n) is 5.73. The molecule has 2 unspecified atom stereocenters. The van der Waals surface area contributed by atoms with E-state index in [0.29, 0.717) is 13.0 Å². The number of hydrogen-bond donors (Lipinski definition) is 1. The van der Waals surface area contributed by atoms with Crippen LogP contribution in [0.25, 0.3) is 0 Å². The van der Waals surface area contributed by atoms with Gasteiger partial charge in [-0.05, 0) is 30.5 Å². The van der Waals surface area contributed by atoms with Gasteiger partial charge in [-0.25, -0.2) is 0 Å². The molecule has 21 heavy (non-hydrogen) atoms. The van der Waals surface area contributed by atoms with Crippen molar-refractivity contribution in [1.82, 2.24) is 10.2 Å². The fourth-order valence-electron chi connectivity index (χ4n) is 3.18. The minimum Gasteiger partial charge on any atom is -0.378 e. The molecule has 2 saturated heterocycles. The number of carbonyl (C=O) groups excluding carboxylic acids is 1. The van der Waals surface area contributed by atoms with Gasteiger partial charge < -0.3 is 15.0 Å². The molecule has 114 valence electrons. The van der Waals surface area contributed by atoms with Crippen molar-refractivity contribution in [2.75, 3.05) is 26.3 Å². The average Bonchev–Trinajstić information content (AvgIpc) is 2.98. The Kier molecular flexibility index (Phi) is 4.93. The van der Waals surface area contributed by atoms with E-state index in [9.17, 15) is 4.79 Å². The summed E-state index contributed by atoms with van der Waals surface area (Å²) in [5.74, 6) is 0.239. The first kappa shape index (κ1) is 15.0. The molecule has 0 aliphatic carbocycles. The molecule has 2 fully saturated rings. The van der Waals surface area contributed by atoms with Gasteiger partial charge in [0.25, 0.3) is 0 Å². The number of hydrogen-bond acceptors (Lipinski definition) is 3. The summed E-state index contributed by atoms with van der Waals surface area (Å²) in [4.78, 5) is 14.6. The third kappa shape index (κ3) is 3.65. The molecule has 1 amide bonds. The zero-order valence-corrected chi connectivity index (χ0v) is 13.6. The number of amides is 1. The molecule has 2 heterocycles. The normalized spacial score (nSPS) is 26.0. The highest BCUT2D eigenvalue weighted by Gasteiger charge is 2.31. The van der Waals surface area contributed by atoms with Crippen molar-refractivity contribution in [3.05, 3.63) is 34.3 Å². The SMILES string of the molecule is O=C(CC1COCCN1)N1CCCC1c1ccc(Br)cc1. The lowest BCUT2D eigenvalue weighted by atomic mass is 10.0. The van der Waals surface area contributed by atoms with Crippen LogP contribution in [0.3, 0.4) is 0 Å². The van der Waals surface area contributed by atoms with Crippen LogP contribution < -0.4 is 5.32 Å². The zero-order valence-electron chi connectivity index (χ0n) is 12.1. The third-order valence-electron chi connectivity index (χ3n) is 4.25. The Balaban J connectivity index is 1.65. The summed E-state index contributed by atoms with van der Waals surface area (Å²) < 4.78 is 6.51. The van der Waals surface area contributed by atoms with Crippen LogP contribution in [0.5, 0.6) is 0 Å². The Hall–Kier alpha value is -0.910. The lowest BCUT2D eigenvalue weighted by Crippen LogP contribution is -2.45. The van der Waals surface area contributed by atoms with Crippen molar-refractivity contribution in [2.45, 2.75) is 31.3 Å². The van der Waals surface area contributed by atoms with Gasteiger partial charge >= 0.3 is 0 Å². The number of nitrogens with one attached hydrogen (secondary N) is 1. The van der Waals surface area contributed by atoms with Gasteiger partial charge in [0.15, 0.2) is 0 Å². The van der Waals surface area contributed by atoms with Crippen molar-refractivity contribution in [3.63, 3.8) is 0 Å². The molecule has 0 bridgehead atoms. The fourth-order valence-corrected chi connectivity index (χ4v) is 3.44. The first-order chi connectivity index (χ1) is 10.2. The fraction of sp³-hybridized carbons (Fsp3) is 0.562. The highest BCUT2D eigenvalue weighted by Crippen LogP contribution is 2.33. The van der Waals surface area contributed by atoms with E-state index in [0.717, 1.165) is 37.0 Å². The summed E-state index contributed by atoms with van der Waals surface area (Å²) >= 11 is 3.46. The van der Waals surface area contributed by atoms with Gasteiger partial charge in [-0.2, -0.15) is 0 Å². The maximum absolute atomic E-state index is 12.6. The minimum absolute atomic E-state index is 0.164. The standard InChI is InChI=1S/C16H21BrN2O2/c17-13-5-3-12(4-6-13)15-2-1-8-19(15)16(20)10-14-11-21-9-7-18-14/h3-6,14-15,18H,1-2,7-11H2. The summed E-state index contributed by atoms with van der Waals surface area (Å²) in [6.07, 6.45) is 2.68. The smallest absolute Gasteiger partial charge is 0.224 e. The molecule has 0 saturated carbocycles. The predicted molar refractivity (Wildman–Crippen MR) is 85.1 cm³/mol. The average molecular weight is 353 g/mol. The predicted octanol–water partition coefficient (Wildman–Crippen LogP) is 2.49. The third-order valence-corrected chi connectivity index (χ3v) is 4.78. The molecule has 2 atom stereocenters. The second kappa shape index (κ2) is 6.90. The Morgan fingerprint density at radius 1 is 1.38 bits per heavy atom. The zero-order chi connectivity index (χ0) is 14.7. The van der Waals surface area contributed by atoms with Crippen molar-refractivity contribution in [3.8, 4) is 0 Å². The molecule has 2 aliphatic rings. The summed E-state index contributed by atoms with van der Waals surface area (Å²) in [5, 5.41) is 3.36. The maximum Gasteiger partial charge on any atom is 0.224 e. The summed E-state index contributed by atoms with van der Waals surface area (Å²) in [6.45, 7) is 3.10. The van der Waals surface area contributed by atoms with Crippen LogP contribution in [0.2, 0.25) is 0 Å². The highest BCUT2D eigenvalue weighted by atomic mass is 79.9. The molecule has 1 N–H and O–H groups in total. The van der Waals surface area contributed by atoms with Crippen LogP contribution in [0, 0.1) is 0 Å². The molecule has 1 aromatic rings. The van der Waals surface area contributed by atoms with Gasteiger partial charge in [0.2, 0.25) is 5.91 Å². The van der Waals surface area contributed by atoms with Crippen LogP contribution in [0.4, 0.5) is 0 Å². The van der Waals surface area contributed by atoms with E-state index >= 15 is 0 Å². The molecular formula is C16H21BrN2O2. The van der Waals surface area contributed by atoms with Gasteiger partial charge in [0, 0.05) is 30.0 Å². The number of rotatable bonds is 3. The molecule has 5 heteroatoms. The number of halogens is 1. The molecule has 4 nitrogen and oxygen atoms in total. The summed E-state index contributed by atoms with van der Waals surface area (Å²) in [5.41, 5.74) is 1.23. The number of likely N-dealkylation sites (tertiary alicyclic amines) is 1.